The molecule has 0 aromatic heterocycles. The molecule has 1 heterocycles. The van der Waals surface area contributed by atoms with Crippen LogP contribution in [0, 0.1) is 6.92 Å². The number of hydrazone groups is 1. The lowest BCUT2D eigenvalue weighted by Gasteiger charge is -2.47. The van der Waals surface area contributed by atoms with Gasteiger partial charge in [0.2, 0.25) is 0 Å². The number of aryl methyl sites for hydroxylation is 1. The normalized spacial score (nSPS) is 18.2. The molecule has 4 nitrogen and oxygen atoms in total. The second-order valence-corrected chi connectivity index (χ2v) is 8.96. The number of amides is 1. The first-order valence-corrected chi connectivity index (χ1v) is 10.5. The van der Waals surface area contributed by atoms with Gasteiger partial charge in [-0.15, -0.1) is 0 Å². The number of nitrogens with zero attached hydrogens (tertiary/aromatic N) is 2. The summed E-state index contributed by atoms with van der Waals surface area (Å²) in [5.74, 6) is 0.252. The van der Waals surface area contributed by atoms with Crippen LogP contribution in [0.5, 0.6) is 0 Å². The smallest absolute Gasteiger partial charge is 0.272 e. The fourth-order valence-corrected chi connectivity index (χ4v) is 4.72. The van der Waals surface area contributed by atoms with Crippen molar-refractivity contribution in [3.8, 4) is 0 Å². The lowest BCUT2D eigenvalue weighted by Crippen LogP contribution is -2.48. The van der Waals surface area contributed by atoms with Crippen molar-refractivity contribution in [1.29, 1.82) is 0 Å². The lowest BCUT2D eigenvalue weighted by atomic mass is 9.79. The minimum Gasteiger partial charge on any atom is -0.366 e. The molecule has 5 heteroatoms. The lowest BCUT2D eigenvalue weighted by molar-refractivity contribution is 0.0954. The predicted octanol–water partition coefficient (Wildman–Crippen LogP) is 5.63. The minimum atomic E-state index is -0.230. The molecular formula is C23H28BrN3O. The number of carbonyl (C=O) groups excluding carboxylic acids is 1. The van der Waals surface area contributed by atoms with Crippen molar-refractivity contribution in [3.05, 3.63) is 63.1 Å². The van der Waals surface area contributed by atoms with E-state index in [9.17, 15) is 4.79 Å². The highest BCUT2D eigenvalue weighted by Gasteiger charge is 2.35. The van der Waals surface area contributed by atoms with E-state index < -0.39 is 0 Å². The van der Waals surface area contributed by atoms with Crippen molar-refractivity contribution in [2.75, 3.05) is 11.4 Å². The van der Waals surface area contributed by atoms with Gasteiger partial charge in [0.05, 0.1) is 11.8 Å². The van der Waals surface area contributed by atoms with Crippen LogP contribution in [0.2, 0.25) is 0 Å². The zero-order valence-corrected chi connectivity index (χ0v) is 18.8. The molecule has 3 rings (SSSR count). The SMILES string of the molecule is CCN1c2cc(C)c(/C=N\NC(=O)c3ccccc3Br)cc2[C@@H](C)CC1(C)C. The molecular weight excluding hydrogens is 414 g/mol. The van der Waals surface area contributed by atoms with Crippen molar-refractivity contribution < 1.29 is 4.79 Å². The Balaban J connectivity index is 1.84. The molecule has 2 aromatic carbocycles. The number of hydrogen-bond acceptors (Lipinski definition) is 3. The molecule has 0 spiro atoms. The molecule has 1 N–H and O–H groups in total. The fraction of sp³-hybridized carbons (Fsp3) is 0.391. The number of halogens is 1. The summed E-state index contributed by atoms with van der Waals surface area (Å²) in [5.41, 5.74) is 8.21. The average molecular weight is 442 g/mol. The number of rotatable bonds is 4. The van der Waals surface area contributed by atoms with Crippen molar-refractivity contribution in [2.24, 2.45) is 5.10 Å². The third-order valence-corrected chi connectivity index (χ3v) is 6.27. The maximum Gasteiger partial charge on any atom is 0.272 e. The largest absolute Gasteiger partial charge is 0.366 e. The summed E-state index contributed by atoms with van der Waals surface area (Å²) >= 11 is 3.40. The van der Waals surface area contributed by atoms with E-state index in [1.807, 2.05) is 18.2 Å². The van der Waals surface area contributed by atoms with Gasteiger partial charge in [0.25, 0.3) is 5.91 Å². The molecule has 0 radical (unpaired) electrons. The van der Waals surface area contributed by atoms with E-state index in [0.29, 0.717) is 11.5 Å². The summed E-state index contributed by atoms with van der Waals surface area (Å²) in [5, 5.41) is 4.20. The molecule has 1 aliphatic rings. The Hall–Kier alpha value is -2.14. The Bertz CT molecular complexity index is 920. The molecule has 0 bridgehead atoms. The molecule has 0 saturated heterocycles. The van der Waals surface area contributed by atoms with Gasteiger partial charge in [0.1, 0.15) is 0 Å². The highest BCUT2D eigenvalue weighted by atomic mass is 79.9. The van der Waals surface area contributed by atoms with Crippen LogP contribution in [0.1, 0.15) is 67.1 Å². The first-order valence-electron chi connectivity index (χ1n) is 9.74. The third kappa shape index (κ3) is 4.00. The molecule has 148 valence electrons. The monoisotopic (exact) mass is 441 g/mol. The molecule has 0 unspecified atom stereocenters. The van der Waals surface area contributed by atoms with E-state index in [1.165, 1.54) is 11.3 Å². The standard InChI is InChI=1S/C23H28BrN3O/c1-6-27-21-11-15(2)17(12-19(21)16(3)13-23(27,4)5)14-25-26-22(28)18-9-7-8-10-20(18)24/h7-12,14,16H,6,13H2,1-5H3,(H,26,28)/b25-14-/t16-/m0/s1. The second kappa shape index (κ2) is 8.08. The van der Waals surface area contributed by atoms with Crippen LogP contribution in [0.15, 0.2) is 46.0 Å². The average Bonchev–Trinajstić information content (AvgIpc) is 2.62. The Kier molecular flexibility index (Phi) is 5.94. The van der Waals surface area contributed by atoms with Gasteiger partial charge < -0.3 is 4.90 Å². The van der Waals surface area contributed by atoms with Crippen molar-refractivity contribution in [3.63, 3.8) is 0 Å². The van der Waals surface area contributed by atoms with Gasteiger partial charge >= 0.3 is 0 Å². The molecule has 0 fully saturated rings. The van der Waals surface area contributed by atoms with Gasteiger partial charge in [-0.25, -0.2) is 5.43 Å². The Morgan fingerprint density at radius 3 is 2.75 bits per heavy atom. The van der Waals surface area contributed by atoms with E-state index in [4.69, 9.17) is 0 Å². The fourth-order valence-electron chi connectivity index (χ4n) is 4.25. The van der Waals surface area contributed by atoms with E-state index in [0.717, 1.165) is 28.6 Å². The maximum atomic E-state index is 12.3. The van der Waals surface area contributed by atoms with Gasteiger partial charge in [-0.1, -0.05) is 19.1 Å². The van der Waals surface area contributed by atoms with Crippen molar-refractivity contribution in [1.82, 2.24) is 5.43 Å². The maximum absolute atomic E-state index is 12.3. The molecule has 1 amide bonds. The van der Waals surface area contributed by atoms with Crippen LogP contribution in [-0.4, -0.2) is 24.2 Å². The first-order chi connectivity index (χ1) is 13.2. The number of benzene rings is 2. The summed E-state index contributed by atoms with van der Waals surface area (Å²) in [6.45, 7) is 12.2. The van der Waals surface area contributed by atoms with Gasteiger partial charge in [-0.2, -0.15) is 5.10 Å². The van der Waals surface area contributed by atoms with E-state index in [-0.39, 0.29) is 11.4 Å². The topological polar surface area (TPSA) is 44.7 Å². The zero-order chi connectivity index (χ0) is 20.5. The number of nitrogens with one attached hydrogen (secondary N) is 1. The highest BCUT2D eigenvalue weighted by molar-refractivity contribution is 9.10. The van der Waals surface area contributed by atoms with E-state index in [2.05, 4.69) is 78.1 Å². The number of fused-ring (bicyclic) bond motifs is 1. The van der Waals surface area contributed by atoms with E-state index in [1.54, 1.807) is 12.3 Å². The summed E-state index contributed by atoms with van der Waals surface area (Å²) in [6, 6.07) is 11.8. The van der Waals surface area contributed by atoms with Gasteiger partial charge in [-0.3, -0.25) is 4.79 Å². The first kappa shape index (κ1) is 20.6. The quantitative estimate of drug-likeness (QED) is 0.493. The summed E-state index contributed by atoms with van der Waals surface area (Å²) in [6.07, 6.45) is 2.86. The van der Waals surface area contributed by atoms with Crippen LogP contribution in [0.25, 0.3) is 0 Å². The highest BCUT2D eigenvalue weighted by Crippen LogP contribution is 2.43. The van der Waals surface area contributed by atoms with Crippen LogP contribution in [-0.2, 0) is 0 Å². The van der Waals surface area contributed by atoms with Crippen LogP contribution in [0.3, 0.4) is 0 Å². The number of carbonyl (C=O) groups is 1. The molecule has 28 heavy (non-hydrogen) atoms. The van der Waals surface area contributed by atoms with Crippen LogP contribution < -0.4 is 10.3 Å². The van der Waals surface area contributed by atoms with Gasteiger partial charge in [0.15, 0.2) is 0 Å². The van der Waals surface area contributed by atoms with Crippen LogP contribution >= 0.6 is 15.9 Å². The van der Waals surface area contributed by atoms with Crippen molar-refractivity contribution >= 4 is 33.7 Å². The molecule has 0 saturated carbocycles. The zero-order valence-electron chi connectivity index (χ0n) is 17.2. The second-order valence-electron chi connectivity index (χ2n) is 8.11. The third-order valence-electron chi connectivity index (χ3n) is 5.58. The molecule has 1 aliphatic heterocycles. The van der Waals surface area contributed by atoms with Crippen molar-refractivity contribution in [2.45, 2.75) is 52.5 Å². The number of anilines is 1. The van der Waals surface area contributed by atoms with Gasteiger partial charge in [0, 0.05) is 22.2 Å². The molecule has 0 aliphatic carbocycles. The summed E-state index contributed by atoms with van der Waals surface area (Å²) in [7, 11) is 0. The Morgan fingerprint density at radius 2 is 2.07 bits per heavy atom. The molecule has 2 aromatic rings. The Morgan fingerprint density at radius 1 is 1.36 bits per heavy atom. The summed E-state index contributed by atoms with van der Waals surface area (Å²) in [4.78, 5) is 14.8. The van der Waals surface area contributed by atoms with E-state index >= 15 is 0 Å². The summed E-state index contributed by atoms with van der Waals surface area (Å²) < 4.78 is 0.753. The van der Waals surface area contributed by atoms with Crippen LogP contribution in [0.4, 0.5) is 5.69 Å². The minimum absolute atomic E-state index is 0.153. The van der Waals surface area contributed by atoms with Gasteiger partial charge in [-0.05, 0) is 96.9 Å². The predicted molar refractivity (Wildman–Crippen MR) is 121 cm³/mol. The number of hydrogen-bond donors (Lipinski definition) is 1. The molecule has 1 atom stereocenters. The Labute approximate surface area is 176 Å².